The first kappa shape index (κ1) is 60.2. The summed E-state index contributed by atoms with van der Waals surface area (Å²) < 4.78 is 113. The van der Waals surface area contributed by atoms with Gasteiger partial charge in [-0.05, 0) is 140 Å². The van der Waals surface area contributed by atoms with Crippen LogP contribution in [0, 0.1) is 5.92 Å². The minimum Gasteiger partial charge on any atom is -0.410 e. The first-order chi connectivity index (χ1) is 36.4. The first-order valence-corrected chi connectivity index (χ1v) is 33.5. The SMILES string of the molecule is CCN(CC)CC1COCCN1CCC(CSc1ccccc1)Nc1ccc(S(=O)(=O)NC(=O)c2ccc(N3CCC([C@@H](O[Si](C)(C)C(C)(C)C)c4ccccc4-c4ccc(Cl)cc4)CC3)cc2)cc1S(=O)(=O)C(F)(F)F. The van der Waals surface area contributed by atoms with Crippen molar-refractivity contribution in [2.24, 2.45) is 5.92 Å². The van der Waals surface area contributed by atoms with Crippen LogP contribution in [0.4, 0.5) is 24.5 Å². The van der Waals surface area contributed by atoms with Crippen LogP contribution in [0.25, 0.3) is 11.1 Å². The number of nitrogens with zero attached hydrogens (tertiary/aromatic N) is 3. The number of hydrogen-bond donors (Lipinski definition) is 2. The minimum atomic E-state index is -6.11. The van der Waals surface area contributed by atoms with Crippen molar-refractivity contribution in [2.75, 3.05) is 75.0 Å². The van der Waals surface area contributed by atoms with Crippen LogP contribution in [0.5, 0.6) is 0 Å². The molecule has 2 aliphatic rings. The Morgan fingerprint density at radius 3 is 2.16 bits per heavy atom. The summed E-state index contributed by atoms with van der Waals surface area (Å²) >= 11 is 7.74. The third kappa shape index (κ3) is 15.3. The monoisotopic (exact) mass is 1160 g/mol. The molecule has 0 saturated carbocycles. The van der Waals surface area contributed by atoms with E-state index in [1.54, 1.807) is 12.1 Å². The summed E-state index contributed by atoms with van der Waals surface area (Å²) in [6, 6.07) is 34.1. The van der Waals surface area contributed by atoms with Gasteiger partial charge in [-0.25, -0.2) is 21.6 Å². The van der Waals surface area contributed by atoms with Gasteiger partial charge in [0.1, 0.15) is 4.90 Å². The zero-order valence-corrected chi connectivity index (χ0v) is 49.2. The number of rotatable bonds is 22. The summed E-state index contributed by atoms with van der Waals surface area (Å²) in [6.07, 6.45) is 1.88. The first-order valence-electron chi connectivity index (χ1n) is 26.3. The number of sulfone groups is 1. The standard InChI is InChI=1S/C57H73ClF3N5O7S3Si/c1-8-64(9-2)38-47-39-72-36-35-66(47)34-31-45(40-74-48-15-11-10-12-16-48)62-52-28-27-49(37-53(52)75(68,69)57(59,60)61)76(70,71)63-55(67)43-21-25-46(26-22-43)65-32-29-42(30-33-65)54(73-77(6,7)56(3,4)5)51-18-14-13-17-50(51)41-19-23-44(58)24-20-41/h10-28,37,42,45,47,54,62H,8-9,29-36,38-40H2,1-7H3,(H,63,67)/t45?,47?,54-/m1/s1. The molecule has 1 amide bonds. The molecule has 3 atom stereocenters. The van der Waals surface area contributed by atoms with Crippen molar-refractivity contribution in [3.8, 4) is 11.1 Å². The van der Waals surface area contributed by atoms with Crippen molar-refractivity contribution in [1.82, 2.24) is 14.5 Å². The Hall–Kier alpha value is -4.44. The van der Waals surface area contributed by atoms with Crippen molar-refractivity contribution in [1.29, 1.82) is 0 Å². The van der Waals surface area contributed by atoms with E-state index in [4.69, 9.17) is 20.8 Å². The summed E-state index contributed by atoms with van der Waals surface area (Å²) in [5, 5.41) is 3.70. The predicted octanol–water partition coefficient (Wildman–Crippen LogP) is 12.4. The second-order valence-electron chi connectivity index (χ2n) is 21.3. The van der Waals surface area contributed by atoms with Gasteiger partial charge >= 0.3 is 5.51 Å². The van der Waals surface area contributed by atoms with Crippen LogP contribution in [-0.2, 0) is 29.0 Å². The fraction of sp³-hybridized carbons (Fsp3) is 0.456. The van der Waals surface area contributed by atoms with Crippen LogP contribution in [0.15, 0.2) is 136 Å². The van der Waals surface area contributed by atoms with E-state index in [1.807, 2.05) is 65.4 Å². The van der Waals surface area contributed by atoms with Crippen molar-refractivity contribution in [2.45, 2.75) is 110 Å². The zero-order chi connectivity index (χ0) is 55.8. The number of nitrogens with one attached hydrogen (secondary N) is 2. The van der Waals surface area contributed by atoms with Gasteiger partial charge in [0.05, 0.1) is 29.9 Å². The molecular formula is C57H73ClF3N5O7S3Si. The maximum atomic E-state index is 14.5. The van der Waals surface area contributed by atoms with E-state index in [0.29, 0.717) is 62.7 Å². The highest BCUT2D eigenvalue weighted by Gasteiger charge is 2.49. The molecule has 7 rings (SSSR count). The number of likely N-dealkylation sites (N-methyl/N-ethyl adjacent to an activating group) is 1. The molecule has 2 unspecified atom stereocenters. The maximum absolute atomic E-state index is 14.5. The fourth-order valence-electron chi connectivity index (χ4n) is 9.59. The average Bonchev–Trinajstić information content (AvgIpc) is 3.40. The third-order valence-corrected chi connectivity index (χ3v) is 24.0. The van der Waals surface area contributed by atoms with Gasteiger partial charge < -0.3 is 24.3 Å². The van der Waals surface area contributed by atoms with Gasteiger partial charge in [-0.2, -0.15) is 13.2 Å². The van der Waals surface area contributed by atoms with Crippen LogP contribution >= 0.6 is 23.4 Å². The van der Waals surface area contributed by atoms with Gasteiger partial charge in [-0.3, -0.25) is 9.69 Å². The summed E-state index contributed by atoms with van der Waals surface area (Å²) in [6.45, 7) is 21.5. The van der Waals surface area contributed by atoms with Crippen molar-refractivity contribution in [3.63, 3.8) is 0 Å². The van der Waals surface area contributed by atoms with E-state index < -0.39 is 61.1 Å². The number of carbonyl (C=O) groups excluding carboxylic acids is 1. The Labute approximate surface area is 464 Å². The molecule has 5 aromatic rings. The molecule has 0 aromatic heterocycles. The number of anilines is 2. The van der Waals surface area contributed by atoms with Gasteiger partial charge in [-0.15, -0.1) is 11.8 Å². The van der Waals surface area contributed by atoms with Crippen molar-refractivity contribution < 1.29 is 44.0 Å². The Morgan fingerprint density at radius 2 is 1.52 bits per heavy atom. The molecule has 2 fully saturated rings. The highest BCUT2D eigenvalue weighted by atomic mass is 35.5. The lowest BCUT2D eigenvalue weighted by Gasteiger charge is -2.44. The second-order valence-corrected chi connectivity index (χ2v) is 31.2. The lowest BCUT2D eigenvalue weighted by molar-refractivity contribution is -0.0435. The Kier molecular flexibility index (Phi) is 20.2. The number of hydrogen-bond acceptors (Lipinski definition) is 12. The van der Waals surface area contributed by atoms with Crippen molar-refractivity contribution >= 4 is 68.8 Å². The smallest absolute Gasteiger partial charge is 0.410 e. The molecule has 77 heavy (non-hydrogen) atoms. The van der Waals surface area contributed by atoms with Gasteiger partial charge in [0.25, 0.3) is 25.8 Å². The van der Waals surface area contributed by atoms with Gasteiger partial charge in [0.2, 0.25) is 0 Å². The predicted molar refractivity (Wildman–Crippen MR) is 307 cm³/mol. The largest absolute Gasteiger partial charge is 0.501 e. The number of halogens is 4. The lowest BCUT2D eigenvalue weighted by Crippen LogP contribution is -2.52. The number of sulfonamides is 1. The zero-order valence-electron chi connectivity index (χ0n) is 45.0. The molecular weight excluding hydrogens is 1080 g/mol. The molecule has 12 nitrogen and oxygen atoms in total. The Bertz CT molecular complexity index is 2980. The number of amides is 1. The number of alkyl halides is 3. The molecule has 0 bridgehead atoms. The Morgan fingerprint density at radius 1 is 0.870 bits per heavy atom. The van der Waals surface area contributed by atoms with Gasteiger partial charge in [0.15, 0.2) is 8.32 Å². The van der Waals surface area contributed by atoms with Crippen LogP contribution < -0.4 is 14.9 Å². The quantitative estimate of drug-likeness (QED) is 0.0504. The topological polar surface area (TPSA) is 138 Å². The molecule has 0 radical (unpaired) electrons. The summed E-state index contributed by atoms with van der Waals surface area (Å²) in [4.78, 5) is 19.2. The molecule has 2 saturated heterocycles. The molecule has 418 valence electrons. The molecule has 20 heteroatoms. The summed E-state index contributed by atoms with van der Waals surface area (Å²) in [5.41, 5.74) is -2.09. The molecule has 2 aliphatic heterocycles. The van der Waals surface area contributed by atoms with Crippen LogP contribution in [0.2, 0.25) is 23.2 Å². The third-order valence-electron chi connectivity index (χ3n) is 15.2. The van der Waals surface area contributed by atoms with E-state index in [9.17, 15) is 34.8 Å². The average molecular weight is 1160 g/mol. The fourth-order valence-corrected chi connectivity index (χ4v) is 14.0. The maximum Gasteiger partial charge on any atom is 0.501 e. The van der Waals surface area contributed by atoms with E-state index >= 15 is 0 Å². The van der Waals surface area contributed by atoms with Crippen LogP contribution in [0.1, 0.15) is 75.9 Å². The normalized spacial score (nSPS) is 17.3. The van der Waals surface area contributed by atoms with E-state index in [2.05, 4.69) is 85.9 Å². The van der Waals surface area contributed by atoms with Gasteiger partial charge in [-0.1, -0.05) is 101 Å². The van der Waals surface area contributed by atoms with E-state index in [-0.39, 0.29) is 28.7 Å². The summed E-state index contributed by atoms with van der Waals surface area (Å²) in [5.74, 6) is -0.499. The minimum absolute atomic E-state index is 0.0198. The highest BCUT2D eigenvalue weighted by Crippen LogP contribution is 2.46. The molecule has 5 aromatic carbocycles. The van der Waals surface area contributed by atoms with Crippen LogP contribution in [0.3, 0.4) is 0 Å². The number of morpholine rings is 1. The highest BCUT2D eigenvalue weighted by molar-refractivity contribution is 7.99. The van der Waals surface area contributed by atoms with Gasteiger partial charge in [0, 0.05) is 71.7 Å². The molecule has 0 spiro atoms. The molecule has 2 N–H and O–H groups in total. The summed E-state index contributed by atoms with van der Waals surface area (Å²) in [7, 11) is -13.3. The van der Waals surface area contributed by atoms with Crippen molar-refractivity contribution in [3.05, 3.63) is 137 Å². The number of benzene rings is 5. The number of carbonyl (C=O) groups is 1. The Balaban J connectivity index is 1.07. The second kappa shape index (κ2) is 25.8. The number of piperidine rings is 1. The number of ether oxygens (including phenoxy) is 1. The van der Waals surface area contributed by atoms with E-state index in [1.165, 1.54) is 23.9 Å². The van der Waals surface area contributed by atoms with Crippen LogP contribution in [-0.4, -0.2) is 123 Å². The van der Waals surface area contributed by atoms with E-state index in [0.717, 1.165) is 71.9 Å². The number of thioether (sulfide) groups is 1. The molecule has 2 heterocycles. The molecule has 0 aliphatic carbocycles. The lowest BCUT2D eigenvalue weighted by atomic mass is 9.84.